The summed E-state index contributed by atoms with van der Waals surface area (Å²) in [5.41, 5.74) is 3.47. The zero-order valence-corrected chi connectivity index (χ0v) is 18.9. The van der Waals surface area contributed by atoms with E-state index in [-0.39, 0.29) is 0 Å². The van der Waals surface area contributed by atoms with Crippen LogP contribution in [0, 0.1) is 0 Å². The molecule has 2 aromatic rings. The van der Waals surface area contributed by atoms with Gasteiger partial charge in [0.1, 0.15) is 12.4 Å². The van der Waals surface area contributed by atoms with E-state index in [1.54, 1.807) is 0 Å². The summed E-state index contributed by atoms with van der Waals surface area (Å²) in [5.74, 6) is 2.14. The van der Waals surface area contributed by atoms with Gasteiger partial charge in [-0.05, 0) is 26.1 Å². The number of nitrogens with zero attached hydrogens (tertiary/aromatic N) is 5. The van der Waals surface area contributed by atoms with Crippen LogP contribution in [-0.2, 0) is 20.1 Å². The van der Waals surface area contributed by atoms with Gasteiger partial charge in [-0.25, -0.2) is 0 Å². The molecule has 0 aliphatic rings. The quantitative estimate of drug-likeness (QED) is 0.518. The number of hydrogen-bond donors (Lipinski definition) is 1. The first kappa shape index (κ1) is 22.7. The van der Waals surface area contributed by atoms with Crippen molar-refractivity contribution in [2.24, 2.45) is 12.0 Å². The lowest BCUT2D eigenvalue weighted by Gasteiger charge is -2.23. The molecule has 29 heavy (non-hydrogen) atoms. The van der Waals surface area contributed by atoms with E-state index in [2.05, 4.69) is 51.3 Å². The van der Waals surface area contributed by atoms with E-state index in [0.29, 0.717) is 19.1 Å². The minimum Gasteiger partial charge on any atom is -0.492 e. The average molecular weight is 401 g/mol. The Morgan fingerprint density at radius 1 is 1.21 bits per heavy atom. The van der Waals surface area contributed by atoms with Gasteiger partial charge < -0.3 is 19.9 Å². The van der Waals surface area contributed by atoms with Crippen molar-refractivity contribution in [2.75, 3.05) is 41.3 Å². The second-order valence-electron chi connectivity index (χ2n) is 7.88. The second-order valence-corrected chi connectivity index (χ2v) is 7.88. The van der Waals surface area contributed by atoms with Crippen LogP contribution in [0.3, 0.4) is 0 Å². The molecule has 0 saturated heterocycles. The molecule has 0 fully saturated rings. The summed E-state index contributed by atoms with van der Waals surface area (Å²) >= 11 is 0. The van der Waals surface area contributed by atoms with Crippen molar-refractivity contribution in [3.05, 3.63) is 47.3 Å². The number of aliphatic imine (C=N–C) groups is 1. The molecular formula is C22H36N6O. The Hall–Kier alpha value is -2.54. The highest BCUT2D eigenvalue weighted by Gasteiger charge is 2.15. The van der Waals surface area contributed by atoms with Crippen molar-refractivity contribution in [1.29, 1.82) is 0 Å². The van der Waals surface area contributed by atoms with Crippen molar-refractivity contribution in [2.45, 2.75) is 32.9 Å². The largest absolute Gasteiger partial charge is 0.492 e. The summed E-state index contributed by atoms with van der Waals surface area (Å²) in [6, 6.07) is 8.14. The molecule has 1 aromatic heterocycles. The standard InChI is InChI=1S/C22H36N6O/c1-17(2)21-19(16-28(7)25-21)15-27(6)22(23-3)24-14-18-10-8-9-11-20(18)29-13-12-26(4)5/h8-11,16-17H,12-15H2,1-7H3,(H,23,24). The topological polar surface area (TPSA) is 57.9 Å². The SMILES string of the molecule is CN=C(NCc1ccccc1OCCN(C)C)N(C)Cc1cn(C)nc1C(C)C. The fourth-order valence-electron chi connectivity index (χ4n) is 3.18. The minimum absolute atomic E-state index is 0.390. The van der Waals surface area contributed by atoms with Gasteiger partial charge in [-0.2, -0.15) is 5.10 Å². The maximum absolute atomic E-state index is 5.97. The van der Waals surface area contributed by atoms with Gasteiger partial charge in [0, 0.05) is 58.1 Å². The number of hydrogen-bond acceptors (Lipinski definition) is 4. The Morgan fingerprint density at radius 3 is 2.59 bits per heavy atom. The van der Waals surface area contributed by atoms with Gasteiger partial charge in [0.05, 0.1) is 5.69 Å². The van der Waals surface area contributed by atoms with E-state index in [0.717, 1.165) is 36.1 Å². The van der Waals surface area contributed by atoms with E-state index in [9.17, 15) is 0 Å². The highest BCUT2D eigenvalue weighted by Crippen LogP contribution is 2.19. The molecule has 160 valence electrons. The molecular weight excluding hydrogens is 364 g/mol. The predicted octanol–water partition coefficient (Wildman–Crippen LogP) is 2.69. The Balaban J connectivity index is 2.00. The molecule has 0 unspecified atom stereocenters. The van der Waals surface area contributed by atoms with Crippen LogP contribution in [-0.4, -0.2) is 66.9 Å². The number of likely N-dealkylation sites (N-methyl/N-ethyl adjacent to an activating group) is 1. The first-order valence-corrected chi connectivity index (χ1v) is 10.1. The molecule has 1 N–H and O–H groups in total. The summed E-state index contributed by atoms with van der Waals surface area (Å²) in [4.78, 5) is 8.69. The molecule has 0 bridgehead atoms. The summed E-state index contributed by atoms with van der Waals surface area (Å²) < 4.78 is 7.85. The van der Waals surface area contributed by atoms with Crippen molar-refractivity contribution in [1.82, 2.24) is 24.9 Å². The highest BCUT2D eigenvalue weighted by atomic mass is 16.5. The molecule has 0 amide bonds. The first-order chi connectivity index (χ1) is 13.8. The van der Waals surface area contributed by atoms with Crippen LogP contribution >= 0.6 is 0 Å². The molecule has 1 heterocycles. The molecule has 0 aliphatic carbocycles. The van der Waals surface area contributed by atoms with Gasteiger partial charge in [-0.1, -0.05) is 32.0 Å². The molecule has 7 heteroatoms. The van der Waals surface area contributed by atoms with Crippen molar-refractivity contribution < 1.29 is 4.74 Å². The van der Waals surface area contributed by atoms with E-state index >= 15 is 0 Å². The number of aromatic nitrogens is 2. The van der Waals surface area contributed by atoms with Gasteiger partial charge in [0.2, 0.25) is 0 Å². The maximum Gasteiger partial charge on any atom is 0.193 e. The Bertz CT molecular complexity index is 796. The van der Waals surface area contributed by atoms with Crippen LogP contribution < -0.4 is 10.1 Å². The number of ether oxygens (including phenoxy) is 1. The molecule has 0 atom stereocenters. The lowest BCUT2D eigenvalue weighted by atomic mass is 10.1. The van der Waals surface area contributed by atoms with Crippen LogP contribution in [0.1, 0.15) is 36.6 Å². The average Bonchev–Trinajstić information content (AvgIpc) is 3.03. The fourth-order valence-corrected chi connectivity index (χ4v) is 3.18. The smallest absolute Gasteiger partial charge is 0.193 e. The van der Waals surface area contributed by atoms with Crippen LogP contribution in [0.5, 0.6) is 5.75 Å². The third-order valence-electron chi connectivity index (χ3n) is 4.67. The second kappa shape index (κ2) is 10.9. The number of guanidine groups is 1. The van der Waals surface area contributed by atoms with Crippen molar-refractivity contribution in [3.63, 3.8) is 0 Å². The summed E-state index contributed by atoms with van der Waals surface area (Å²) in [6.07, 6.45) is 2.09. The lowest BCUT2D eigenvalue weighted by molar-refractivity contribution is 0.259. The third-order valence-corrected chi connectivity index (χ3v) is 4.67. The molecule has 1 aromatic carbocycles. The molecule has 2 rings (SSSR count). The third kappa shape index (κ3) is 6.78. The number of para-hydroxylation sites is 1. The van der Waals surface area contributed by atoms with Gasteiger partial charge in [0.15, 0.2) is 5.96 Å². The Labute approximate surface area is 175 Å². The van der Waals surface area contributed by atoms with E-state index in [4.69, 9.17) is 4.74 Å². The van der Waals surface area contributed by atoms with Gasteiger partial charge in [-0.3, -0.25) is 9.67 Å². The Morgan fingerprint density at radius 2 is 1.93 bits per heavy atom. The minimum atomic E-state index is 0.390. The fraction of sp³-hybridized carbons (Fsp3) is 0.545. The molecule has 0 aliphatic heterocycles. The van der Waals surface area contributed by atoms with E-state index in [1.165, 1.54) is 5.56 Å². The molecule has 0 radical (unpaired) electrons. The van der Waals surface area contributed by atoms with E-state index < -0.39 is 0 Å². The van der Waals surface area contributed by atoms with Crippen molar-refractivity contribution in [3.8, 4) is 5.75 Å². The summed E-state index contributed by atoms with van der Waals surface area (Å²) in [6.45, 7) is 7.30. The number of aryl methyl sites for hydroxylation is 1. The van der Waals surface area contributed by atoms with Crippen LogP contribution in [0.2, 0.25) is 0 Å². The van der Waals surface area contributed by atoms with Gasteiger partial charge >= 0.3 is 0 Å². The molecule has 0 spiro atoms. The molecule has 7 nitrogen and oxygen atoms in total. The Kier molecular flexibility index (Phi) is 8.51. The molecule has 0 saturated carbocycles. The maximum atomic E-state index is 5.97. The van der Waals surface area contributed by atoms with Crippen molar-refractivity contribution >= 4 is 5.96 Å². The van der Waals surface area contributed by atoms with Crippen LogP contribution in [0.4, 0.5) is 0 Å². The summed E-state index contributed by atoms with van der Waals surface area (Å²) in [7, 11) is 9.92. The normalized spacial score (nSPS) is 12.0. The monoisotopic (exact) mass is 400 g/mol. The summed E-state index contributed by atoms with van der Waals surface area (Å²) in [5, 5.41) is 8.06. The van der Waals surface area contributed by atoms with E-state index in [1.807, 2.05) is 58.1 Å². The van der Waals surface area contributed by atoms with Crippen LogP contribution in [0.15, 0.2) is 35.5 Å². The zero-order chi connectivity index (χ0) is 21.4. The first-order valence-electron chi connectivity index (χ1n) is 10.1. The van der Waals surface area contributed by atoms with Gasteiger partial charge in [-0.15, -0.1) is 0 Å². The number of benzene rings is 1. The number of nitrogens with one attached hydrogen (secondary N) is 1. The van der Waals surface area contributed by atoms with Crippen LogP contribution in [0.25, 0.3) is 0 Å². The number of rotatable bonds is 9. The zero-order valence-electron chi connectivity index (χ0n) is 18.9. The highest BCUT2D eigenvalue weighted by molar-refractivity contribution is 5.79. The predicted molar refractivity (Wildman–Crippen MR) is 119 cm³/mol. The lowest BCUT2D eigenvalue weighted by Crippen LogP contribution is -2.38. The van der Waals surface area contributed by atoms with Gasteiger partial charge in [0.25, 0.3) is 0 Å².